The van der Waals surface area contributed by atoms with Crippen LogP contribution in [-0.4, -0.2) is 7.05 Å². The average molecular weight is 160 g/mol. The highest BCUT2D eigenvalue weighted by molar-refractivity contribution is 5.01. The Morgan fingerprint density at radius 2 is 1.27 bits per heavy atom. The molecular weight excluding hydrogens is 136 g/mol. The summed E-state index contributed by atoms with van der Waals surface area (Å²) >= 11 is 0. The third-order valence-corrected chi connectivity index (χ3v) is 0.967. The number of allylic oxidation sites excluding steroid dienone is 2. The van der Waals surface area contributed by atoms with Crippen molar-refractivity contribution in [3.63, 3.8) is 0 Å². The van der Waals surface area contributed by atoms with E-state index in [0.717, 1.165) is 11.4 Å². The summed E-state index contributed by atoms with van der Waals surface area (Å²) in [6, 6.07) is 0. The molecule has 0 aromatic carbocycles. The van der Waals surface area contributed by atoms with Crippen LogP contribution in [0.25, 0.3) is 0 Å². The largest absolute Gasteiger partial charge is 0.401 e. The predicted molar refractivity (Wildman–Crippen MR) is 54.3 cm³/mol. The molecule has 0 heterocycles. The van der Waals surface area contributed by atoms with Crippen molar-refractivity contribution in [3.8, 4) is 0 Å². The van der Waals surface area contributed by atoms with Crippen LogP contribution in [0, 0.1) is 0 Å². The van der Waals surface area contributed by atoms with E-state index in [1.807, 2.05) is 48.6 Å². The molecule has 2 heteroatoms. The molecule has 0 rings (SSSR count). The van der Waals surface area contributed by atoms with E-state index in [1.54, 1.807) is 0 Å². The van der Waals surface area contributed by atoms with Crippen LogP contribution in [0.2, 0.25) is 0 Å². The van der Waals surface area contributed by atoms with Gasteiger partial charge in [-0.25, -0.2) is 0 Å². The first-order valence-electron chi connectivity index (χ1n) is 4.29. The Hall–Kier alpha value is -0.660. The van der Waals surface area contributed by atoms with Gasteiger partial charge in [-0.15, -0.1) is 0 Å². The fourth-order valence-corrected chi connectivity index (χ4v) is 0.197. The van der Waals surface area contributed by atoms with E-state index in [2.05, 4.69) is 5.32 Å². The van der Waals surface area contributed by atoms with Crippen LogP contribution < -0.4 is 11.1 Å². The van der Waals surface area contributed by atoms with Crippen LogP contribution in [0.5, 0.6) is 0 Å². The molecule has 0 aliphatic rings. The molecule has 0 amide bonds. The smallest absolute Gasteiger partial charge is 0.0260 e. The Labute approximate surface area is 71.9 Å². The maximum atomic E-state index is 5.36. The number of nitrogens with one attached hydrogen (secondary N) is 1. The molecule has 0 atom stereocenters. The minimum absolute atomic E-state index is 0.850. The van der Waals surface area contributed by atoms with E-state index in [4.69, 9.17) is 5.73 Å². The Morgan fingerprint density at radius 3 is 1.27 bits per heavy atom. The minimum Gasteiger partial charge on any atom is -0.401 e. The third-order valence-electron chi connectivity index (χ3n) is 0.967. The molecule has 0 aromatic heterocycles. The van der Waals surface area contributed by atoms with Crippen molar-refractivity contribution < 1.29 is 0 Å². The van der Waals surface area contributed by atoms with Gasteiger partial charge < -0.3 is 11.1 Å². The van der Waals surface area contributed by atoms with Crippen molar-refractivity contribution in [1.82, 2.24) is 5.32 Å². The Morgan fingerprint density at radius 1 is 1.00 bits per heavy atom. The summed E-state index contributed by atoms with van der Waals surface area (Å²) in [5, 5.41) is 2.92. The molecule has 0 saturated carbocycles. The molecule has 2 nitrogen and oxygen atoms in total. The summed E-state index contributed by atoms with van der Waals surface area (Å²) in [7, 11) is 1.85. The number of hydrogen-bond donors (Lipinski definition) is 2. The highest BCUT2D eigenvalue weighted by Crippen LogP contribution is 1.86. The van der Waals surface area contributed by atoms with Gasteiger partial charge in [0.25, 0.3) is 0 Å². The van der Waals surface area contributed by atoms with Gasteiger partial charge in [0, 0.05) is 18.4 Å². The highest BCUT2D eigenvalue weighted by atomic mass is 14.8. The molecular formula is C9H24N2. The van der Waals surface area contributed by atoms with E-state index in [-0.39, 0.29) is 0 Å². The fourth-order valence-electron chi connectivity index (χ4n) is 0.197. The van der Waals surface area contributed by atoms with Crippen molar-refractivity contribution in [2.45, 2.75) is 41.5 Å². The molecule has 0 fully saturated rings. The SMILES string of the molecule is CC.CC.CN/C(C)=C(/C)N. The fraction of sp³-hybridized carbons (Fsp3) is 0.778. The molecule has 70 valence electrons. The van der Waals surface area contributed by atoms with Crippen LogP contribution >= 0.6 is 0 Å². The summed E-state index contributed by atoms with van der Waals surface area (Å²) < 4.78 is 0. The van der Waals surface area contributed by atoms with E-state index in [0.29, 0.717) is 0 Å². The summed E-state index contributed by atoms with van der Waals surface area (Å²) in [5.74, 6) is 0. The maximum absolute atomic E-state index is 5.36. The lowest BCUT2D eigenvalue weighted by molar-refractivity contribution is 0.949. The second kappa shape index (κ2) is 16.2. The Balaban J connectivity index is -0.000000138. The van der Waals surface area contributed by atoms with Crippen LogP contribution in [0.15, 0.2) is 11.4 Å². The molecule has 0 saturated heterocycles. The van der Waals surface area contributed by atoms with Gasteiger partial charge in [0.2, 0.25) is 0 Å². The number of nitrogens with two attached hydrogens (primary N) is 1. The minimum atomic E-state index is 0.850. The van der Waals surface area contributed by atoms with Crippen LogP contribution in [0.1, 0.15) is 41.5 Å². The predicted octanol–water partition coefficient (Wildman–Crippen LogP) is 2.47. The van der Waals surface area contributed by atoms with Gasteiger partial charge in [0.1, 0.15) is 0 Å². The van der Waals surface area contributed by atoms with E-state index < -0.39 is 0 Å². The van der Waals surface area contributed by atoms with Crippen LogP contribution in [0.4, 0.5) is 0 Å². The Kier molecular flexibility index (Phi) is 24.6. The molecule has 3 N–H and O–H groups in total. The summed E-state index contributed by atoms with van der Waals surface area (Å²) in [6.07, 6.45) is 0. The zero-order chi connectivity index (χ0) is 9.86. The first-order chi connectivity index (χ1) is 5.18. The molecule has 0 aliphatic heterocycles. The number of hydrogen-bond acceptors (Lipinski definition) is 2. The average Bonchev–Trinajstić information content (AvgIpc) is 2.10. The van der Waals surface area contributed by atoms with Crippen molar-refractivity contribution in [1.29, 1.82) is 0 Å². The highest BCUT2D eigenvalue weighted by Gasteiger charge is 1.81. The molecule has 0 unspecified atom stereocenters. The van der Waals surface area contributed by atoms with E-state index in [9.17, 15) is 0 Å². The zero-order valence-electron chi connectivity index (χ0n) is 9.08. The molecule has 0 spiro atoms. The quantitative estimate of drug-likeness (QED) is 0.618. The maximum Gasteiger partial charge on any atom is 0.0260 e. The van der Waals surface area contributed by atoms with Gasteiger partial charge in [-0.3, -0.25) is 0 Å². The summed E-state index contributed by atoms with van der Waals surface area (Å²) in [5.41, 5.74) is 7.25. The first kappa shape index (κ1) is 16.7. The topological polar surface area (TPSA) is 38.0 Å². The second-order valence-electron chi connectivity index (χ2n) is 1.56. The van der Waals surface area contributed by atoms with Gasteiger partial charge in [0.15, 0.2) is 0 Å². The normalized spacial score (nSPS) is 9.36. The van der Waals surface area contributed by atoms with Gasteiger partial charge in [-0.05, 0) is 13.8 Å². The van der Waals surface area contributed by atoms with Gasteiger partial charge in [-0.2, -0.15) is 0 Å². The summed E-state index contributed by atoms with van der Waals surface area (Å²) in [4.78, 5) is 0. The standard InChI is InChI=1S/C5H12N2.2C2H6/c1-4(6)5(2)7-3;2*1-2/h7H,6H2,1-3H3;2*1-2H3/b5-4-;;. The third kappa shape index (κ3) is 17.6. The van der Waals surface area contributed by atoms with Gasteiger partial charge >= 0.3 is 0 Å². The lowest BCUT2D eigenvalue weighted by Gasteiger charge is -1.98. The first-order valence-corrected chi connectivity index (χ1v) is 4.29. The van der Waals surface area contributed by atoms with E-state index in [1.165, 1.54) is 0 Å². The van der Waals surface area contributed by atoms with Crippen LogP contribution in [0.3, 0.4) is 0 Å². The lowest BCUT2D eigenvalue weighted by atomic mass is 10.4. The number of rotatable bonds is 1. The molecule has 0 radical (unpaired) electrons. The molecule has 0 aliphatic carbocycles. The zero-order valence-corrected chi connectivity index (χ0v) is 9.08. The van der Waals surface area contributed by atoms with Crippen molar-refractivity contribution in [2.24, 2.45) is 5.73 Å². The molecule has 0 aromatic rings. The lowest BCUT2D eigenvalue weighted by Crippen LogP contribution is -2.08. The monoisotopic (exact) mass is 160 g/mol. The van der Waals surface area contributed by atoms with Gasteiger partial charge in [0.05, 0.1) is 0 Å². The van der Waals surface area contributed by atoms with Gasteiger partial charge in [-0.1, -0.05) is 27.7 Å². The van der Waals surface area contributed by atoms with Crippen molar-refractivity contribution >= 4 is 0 Å². The van der Waals surface area contributed by atoms with E-state index >= 15 is 0 Å². The molecule has 0 bridgehead atoms. The van der Waals surface area contributed by atoms with Crippen LogP contribution in [-0.2, 0) is 0 Å². The second-order valence-corrected chi connectivity index (χ2v) is 1.56. The summed E-state index contributed by atoms with van der Waals surface area (Å²) in [6.45, 7) is 11.8. The Bertz CT molecular complexity index is 81.6. The molecule has 11 heavy (non-hydrogen) atoms. The van der Waals surface area contributed by atoms with Crippen molar-refractivity contribution in [2.75, 3.05) is 7.05 Å². The van der Waals surface area contributed by atoms with Crippen molar-refractivity contribution in [3.05, 3.63) is 11.4 Å².